The molecule has 2 rings (SSSR count). The highest BCUT2D eigenvalue weighted by molar-refractivity contribution is 7.92. The van der Waals surface area contributed by atoms with Crippen LogP contribution in [0.3, 0.4) is 0 Å². The van der Waals surface area contributed by atoms with Crippen molar-refractivity contribution >= 4 is 27.8 Å². The summed E-state index contributed by atoms with van der Waals surface area (Å²) in [7, 11) is -2.34. The van der Waals surface area contributed by atoms with Gasteiger partial charge in [-0.3, -0.25) is 4.72 Å². The van der Waals surface area contributed by atoms with Crippen LogP contribution in [0, 0.1) is 0 Å². The summed E-state index contributed by atoms with van der Waals surface area (Å²) in [5.74, 6) is -0.477. The van der Waals surface area contributed by atoms with Gasteiger partial charge in [0.2, 0.25) is 0 Å². The van der Waals surface area contributed by atoms with Gasteiger partial charge in [-0.1, -0.05) is 30.3 Å². The Labute approximate surface area is 129 Å². The normalized spacial score (nSPS) is 11.3. The van der Waals surface area contributed by atoms with Gasteiger partial charge in [0.25, 0.3) is 10.0 Å². The van der Waals surface area contributed by atoms with Crippen LogP contribution in [0.2, 0.25) is 0 Å². The summed E-state index contributed by atoms with van der Waals surface area (Å²) in [4.78, 5) is 11.2. The molecule has 0 saturated heterocycles. The van der Waals surface area contributed by atoms with E-state index in [-0.39, 0.29) is 4.90 Å². The Hall–Kier alpha value is -2.60. The smallest absolute Gasteiger partial charge is 0.330 e. The van der Waals surface area contributed by atoms with Gasteiger partial charge in [0.15, 0.2) is 0 Å². The molecule has 0 aromatic heterocycles. The third-order valence-electron chi connectivity index (χ3n) is 2.81. The summed E-state index contributed by atoms with van der Waals surface area (Å²) in [6, 6.07) is 14.8. The molecule has 0 spiro atoms. The van der Waals surface area contributed by atoms with E-state index in [2.05, 4.69) is 9.46 Å². The summed E-state index contributed by atoms with van der Waals surface area (Å²) in [5.41, 5.74) is 1.09. The summed E-state index contributed by atoms with van der Waals surface area (Å²) in [6.45, 7) is 0. The molecule has 114 valence electrons. The summed E-state index contributed by atoms with van der Waals surface area (Å²) < 4.78 is 31.4. The first-order chi connectivity index (χ1) is 10.5. The molecule has 0 unspecified atom stereocenters. The Morgan fingerprint density at radius 2 is 1.82 bits per heavy atom. The van der Waals surface area contributed by atoms with Crippen molar-refractivity contribution in [1.82, 2.24) is 0 Å². The van der Waals surface area contributed by atoms with Crippen LogP contribution < -0.4 is 4.72 Å². The lowest BCUT2D eigenvalue weighted by molar-refractivity contribution is -0.134. The highest BCUT2D eigenvalue weighted by atomic mass is 32.2. The van der Waals surface area contributed by atoms with Crippen LogP contribution in [0.4, 0.5) is 5.69 Å². The van der Waals surface area contributed by atoms with Gasteiger partial charge in [0, 0.05) is 11.8 Å². The van der Waals surface area contributed by atoms with Gasteiger partial charge < -0.3 is 4.74 Å². The lowest BCUT2D eigenvalue weighted by atomic mass is 10.2. The van der Waals surface area contributed by atoms with E-state index in [0.717, 1.165) is 0 Å². The van der Waals surface area contributed by atoms with Crippen LogP contribution in [0.5, 0.6) is 0 Å². The standard InChI is InChI=1S/C16H15NO4S/c1-21-16(18)11-10-13-6-5-7-14(12-13)17-22(19,20)15-8-3-2-4-9-15/h2-12,17H,1H3. The van der Waals surface area contributed by atoms with Crippen molar-refractivity contribution in [3.8, 4) is 0 Å². The van der Waals surface area contributed by atoms with Gasteiger partial charge in [-0.15, -0.1) is 0 Å². The van der Waals surface area contributed by atoms with E-state index >= 15 is 0 Å². The predicted molar refractivity (Wildman–Crippen MR) is 84.7 cm³/mol. The molecule has 6 heteroatoms. The minimum Gasteiger partial charge on any atom is -0.466 e. The van der Waals surface area contributed by atoms with E-state index in [1.54, 1.807) is 48.5 Å². The molecule has 5 nitrogen and oxygen atoms in total. The maximum Gasteiger partial charge on any atom is 0.330 e. The molecule has 0 aliphatic carbocycles. The Morgan fingerprint density at radius 1 is 1.09 bits per heavy atom. The molecule has 22 heavy (non-hydrogen) atoms. The van der Waals surface area contributed by atoms with E-state index in [0.29, 0.717) is 11.3 Å². The quantitative estimate of drug-likeness (QED) is 0.680. The molecule has 2 aromatic carbocycles. The first-order valence-corrected chi connectivity index (χ1v) is 7.93. The fraction of sp³-hybridized carbons (Fsp3) is 0.0625. The Kier molecular flexibility index (Phi) is 4.95. The van der Waals surface area contributed by atoms with Crippen molar-refractivity contribution in [2.45, 2.75) is 4.90 Å². The van der Waals surface area contributed by atoms with Crippen molar-refractivity contribution < 1.29 is 17.9 Å². The first-order valence-electron chi connectivity index (χ1n) is 6.45. The zero-order valence-electron chi connectivity index (χ0n) is 11.9. The molecular formula is C16H15NO4S. The molecule has 0 bridgehead atoms. The first kappa shape index (κ1) is 15.8. The topological polar surface area (TPSA) is 72.5 Å². The van der Waals surface area contributed by atoms with Crippen molar-refractivity contribution in [1.29, 1.82) is 0 Å². The summed E-state index contributed by atoms with van der Waals surface area (Å²) in [6.07, 6.45) is 2.82. The average molecular weight is 317 g/mol. The third-order valence-corrected chi connectivity index (χ3v) is 4.20. The van der Waals surface area contributed by atoms with E-state index < -0.39 is 16.0 Å². The zero-order chi connectivity index (χ0) is 16.0. The van der Waals surface area contributed by atoms with Crippen molar-refractivity contribution in [3.05, 3.63) is 66.2 Å². The monoisotopic (exact) mass is 317 g/mol. The van der Waals surface area contributed by atoms with Crippen LogP contribution in [-0.2, 0) is 19.6 Å². The lowest BCUT2D eigenvalue weighted by Gasteiger charge is -2.08. The molecule has 2 aromatic rings. The second-order valence-corrected chi connectivity index (χ2v) is 6.08. The molecule has 0 fully saturated rings. The Balaban J connectivity index is 2.20. The van der Waals surface area contributed by atoms with Gasteiger partial charge in [-0.25, -0.2) is 13.2 Å². The molecule has 0 saturated carbocycles. The number of benzene rings is 2. The molecule has 0 aliphatic rings. The number of hydrogen-bond donors (Lipinski definition) is 1. The van der Waals surface area contributed by atoms with Crippen LogP contribution >= 0.6 is 0 Å². The SMILES string of the molecule is COC(=O)C=Cc1cccc(NS(=O)(=O)c2ccccc2)c1. The number of esters is 1. The predicted octanol–water partition coefficient (Wildman–Crippen LogP) is 2.67. The van der Waals surface area contributed by atoms with E-state index in [1.165, 1.54) is 25.3 Å². The maximum atomic E-state index is 12.2. The number of carbonyl (C=O) groups is 1. The summed E-state index contributed by atoms with van der Waals surface area (Å²) >= 11 is 0. The minimum atomic E-state index is -3.63. The molecule has 0 amide bonds. The third kappa shape index (κ3) is 4.20. The van der Waals surface area contributed by atoms with Crippen molar-refractivity contribution in [2.24, 2.45) is 0 Å². The molecule has 0 heterocycles. The lowest BCUT2D eigenvalue weighted by Crippen LogP contribution is -2.12. The van der Waals surface area contributed by atoms with Gasteiger partial charge in [0.05, 0.1) is 12.0 Å². The van der Waals surface area contributed by atoms with Gasteiger partial charge in [0.1, 0.15) is 0 Å². The fourth-order valence-electron chi connectivity index (χ4n) is 1.75. The van der Waals surface area contributed by atoms with Gasteiger partial charge in [-0.2, -0.15) is 0 Å². The number of anilines is 1. The average Bonchev–Trinajstić information content (AvgIpc) is 2.53. The van der Waals surface area contributed by atoms with E-state index in [1.807, 2.05) is 0 Å². The Morgan fingerprint density at radius 3 is 2.50 bits per heavy atom. The van der Waals surface area contributed by atoms with Crippen molar-refractivity contribution in [2.75, 3.05) is 11.8 Å². The van der Waals surface area contributed by atoms with Gasteiger partial charge in [-0.05, 0) is 35.9 Å². The van der Waals surface area contributed by atoms with Crippen molar-refractivity contribution in [3.63, 3.8) is 0 Å². The number of nitrogens with one attached hydrogen (secondary N) is 1. The Bertz CT molecular complexity index is 783. The number of rotatable bonds is 5. The fourth-order valence-corrected chi connectivity index (χ4v) is 2.82. The largest absolute Gasteiger partial charge is 0.466 e. The second-order valence-electron chi connectivity index (χ2n) is 4.40. The van der Waals surface area contributed by atoms with Crippen LogP contribution in [0.1, 0.15) is 5.56 Å². The van der Waals surface area contributed by atoms with Crippen LogP contribution in [-0.4, -0.2) is 21.5 Å². The second kappa shape index (κ2) is 6.91. The number of methoxy groups -OCH3 is 1. The van der Waals surface area contributed by atoms with Crippen LogP contribution in [0.25, 0.3) is 6.08 Å². The summed E-state index contributed by atoms with van der Waals surface area (Å²) in [5, 5.41) is 0. The highest BCUT2D eigenvalue weighted by Crippen LogP contribution is 2.17. The maximum absolute atomic E-state index is 12.2. The number of ether oxygens (including phenoxy) is 1. The van der Waals surface area contributed by atoms with Gasteiger partial charge >= 0.3 is 5.97 Å². The molecular weight excluding hydrogens is 302 g/mol. The molecule has 1 N–H and O–H groups in total. The van der Waals surface area contributed by atoms with E-state index in [9.17, 15) is 13.2 Å². The van der Waals surface area contributed by atoms with Crippen LogP contribution in [0.15, 0.2) is 65.6 Å². The number of carbonyl (C=O) groups excluding carboxylic acids is 1. The molecule has 0 radical (unpaired) electrons. The minimum absolute atomic E-state index is 0.186. The highest BCUT2D eigenvalue weighted by Gasteiger charge is 2.13. The van der Waals surface area contributed by atoms with E-state index in [4.69, 9.17) is 0 Å². The zero-order valence-corrected chi connectivity index (χ0v) is 12.7. The molecule has 0 aliphatic heterocycles. The number of sulfonamides is 1. The number of hydrogen-bond acceptors (Lipinski definition) is 4. The molecule has 0 atom stereocenters.